The van der Waals surface area contributed by atoms with Crippen molar-refractivity contribution >= 4 is 22.5 Å². The third-order valence-corrected chi connectivity index (χ3v) is 8.28. The predicted octanol–water partition coefficient (Wildman–Crippen LogP) is 6.34. The van der Waals surface area contributed by atoms with E-state index in [9.17, 15) is 8.78 Å². The number of pyridine rings is 3. The summed E-state index contributed by atoms with van der Waals surface area (Å²) in [5.74, 6) is 1.18. The van der Waals surface area contributed by atoms with Gasteiger partial charge in [0.1, 0.15) is 5.82 Å². The van der Waals surface area contributed by atoms with Crippen molar-refractivity contribution in [1.29, 1.82) is 0 Å². The number of hydrogen-bond acceptors (Lipinski definition) is 7. The van der Waals surface area contributed by atoms with E-state index in [4.69, 9.17) is 9.97 Å². The van der Waals surface area contributed by atoms with Crippen molar-refractivity contribution < 1.29 is 8.78 Å². The number of nitrogens with one attached hydrogen (secondary N) is 2. The van der Waals surface area contributed by atoms with E-state index in [0.29, 0.717) is 23.5 Å². The fraction of sp³-hybridized carbons (Fsp3) is 0.433. The van der Waals surface area contributed by atoms with Gasteiger partial charge in [0.25, 0.3) is 0 Å². The molecule has 2 aliphatic rings. The molecule has 2 N–H and O–H groups in total. The average Bonchev–Trinajstić information content (AvgIpc) is 2.91. The molecule has 0 spiro atoms. The summed E-state index contributed by atoms with van der Waals surface area (Å²) in [5, 5.41) is 7.43. The Balaban J connectivity index is 1.33. The molecule has 9 heteroatoms. The zero-order valence-corrected chi connectivity index (χ0v) is 22.1. The van der Waals surface area contributed by atoms with Crippen LogP contribution < -0.4 is 10.6 Å². The van der Waals surface area contributed by atoms with Gasteiger partial charge in [-0.1, -0.05) is 13.3 Å². The molecule has 39 heavy (non-hydrogen) atoms. The van der Waals surface area contributed by atoms with Gasteiger partial charge in [0.2, 0.25) is 5.95 Å². The van der Waals surface area contributed by atoms with Crippen LogP contribution in [0.5, 0.6) is 0 Å². The third kappa shape index (κ3) is 5.59. The van der Waals surface area contributed by atoms with Gasteiger partial charge in [-0.2, -0.15) is 9.37 Å². The van der Waals surface area contributed by atoms with Crippen LogP contribution in [0, 0.1) is 23.6 Å². The monoisotopic (exact) mass is 529 g/mol. The number of aromatic nitrogens is 5. The van der Waals surface area contributed by atoms with Gasteiger partial charge in [0.05, 0.1) is 17.4 Å². The topological polar surface area (TPSA) is 88.5 Å². The van der Waals surface area contributed by atoms with E-state index >= 15 is 0 Å². The molecule has 202 valence electrons. The van der Waals surface area contributed by atoms with Crippen LogP contribution >= 0.6 is 0 Å². The molecule has 7 nitrogen and oxygen atoms in total. The highest BCUT2D eigenvalue weighted by molar-refractivity contribution is 5.86. The van der Waals surface area contributed by atoms with Crippen LogP contribution in [0.15, 0.2) is 42.9 Å². The zero-order chi connectivity index (χ0) is 26.8. The van der Waals surface area contributed by atoms with E-state index in [1.165, 1.54) is 37.7 Å². The van der Waals surface area contributed by atoms with Crippen LogP contribution in [-0.4, -0.2) is 38.0 Å². The fourth-order valence-electron chi connectivity index (χ4n) is 5.82. The number of nitrogens with zero attached hydrogens (tertiary/aromatic N) is 5. The highest BCUT2D eigenvalue weighted by Crippen LogP contribution is 2.40. The van der Waals surface area contributed by atoms with Gasteiger partial charge >= 0.3 is 0 Å². The highest BCUT2D eigenvalue weighted by Gasteiger charge is 2.25. The van der Waals surface area contributed by atoms with Crippen molar-refractivity contribution in [2.24, 2.45) is 11.8 Å². The number of piperidine rings is 1. The first-order chi connectivity index (χ1) is 19.0. The largest absolute Gasteiger partial charge is 0.322 e. The van der Waals surface area contributed by atoms with Crippen LogP contribution in [0.4, 0.5) is 20.4 Å². The quantitative estimate of drug-likeness (QED) is 0.258. The van der Waals surface area contributed by atoms with E-state index in [1.54, 1.807) is 12.3 Å². The molecule has 2 atom stereocenters. The lowest BCUT2D eigenvalue weighted by Crippen LogP contribution is -2.35. The summed E-state index contributed by atoms with van der Waals surface area (Å²) in [6, 6.07) is 5.57. The molecule has 0 aromatic carbocycles. The summed E-state index contributed by atoms with van der Waals surface area (Å²) in [5.41, 5.74) is 3.90. The van der Waals surface area contributed by atoms with Gasteiger partial charge in [-0.3, -0.25) is 4.98 Å². The Hall–Kier alpha value is -3.59. The Morgan fingerprint density at radius 3 is 2.77 bits per heavy atom. The molecule has 1 saturated heterocycles. The Bertz CT molecular complexity index is 1470. The lowest BCUT2D eigenvalue weighted by molar-refractivity contribution is 0.254. The van der Waals surface area contributed by atoms with Crippen LogP contribution in [0.3, 0.4) is 0 Å². The highest BCUT2D eigenvalue weighted by atomic mass is 19.1. The lowest BCUT2D eigenvalue weighted by atomic mass is 9.79. The first-order valence-corrected chi connectivity index (χ1v) is 14.0. The van der Waals surface area contributed by atoms with Crippen molar-refractivity contribution in [1.82, 2.24) is 30.2 Å². The van der Waals surface area contributed by atoms with E-state index < -0.39 is 11.8 Å². The van der Waals surface area contributed by atoms with Crippen LogP contribution in [0.25, 0.3) is 22.3 Å². The van der Waals surface area contributed by atoms with Gasteiger partial charge < -0.3 is 10.6 Å². The van der Waals surface area contributed by atoms with Gasteiger partial charge in [-0.15, -0.1) is 0 Å². The Morgan fingerprint density at radius 1 is 1.05 bits per heavy atom. The molecule has 0 radical (unpaired) electrons. The van der Waals surface area contributed by atoms with Crippen molar-refractivity contribution in [3.63, 3.8) is 0 Å². The number of rotatable bonds is 8. The van der Waals surface area contributed by atoms with Gasteiger partial charge in [-0.25, -0.2) is 19.3 Å². The maximum absolute atomic E-state index is 14.2. The Morgan fingerprint density at radius 2 is 1.95 bits per heavy atom. The molecule has 1 aliphatic heterocycles. The lowest BCUT2D eigenvalue weighted by Gasteiger charge is -2.29. The number of halogens is 2. The van der Waals surface area contributed by atoms with E-state index in [0.717, 1.165) is 66.1 Å². The minimum atomic E-state index is -0.772. The molecule has 2 unspecified atom stereocenters. The maximum Gasteiger partial charge on any atom is 0.214 e. The van der Waals surface area contributed by atoms with Crippen LogP contribution in [-0.2, 0) is 6.42 Å². The molecule has 0 amide bonds. The van der Waals surface area contributed by atoms with Gasteiger partial charge in [0.15, 0.2) is 17.5 Å². The molecule has 6 rings (SSSR count). The normalized spacial score (nSPS) is 19.7. The fourth-order valence-corrected chi connectivity index (χ4v) is 5.82. The van der Waals surface area contributed by atoms with E-state index in [-0.39, 0.29) is 5.82 Å². The van der Waals surface area contributed by atoms with E-state index in [1.807, 2.05) is 18.5 Å². The van der Waals surface area contributed by atoms with Crippen molar-refractivity contribution in [2.75, 3.05) is 18.4 Å². The first-order valence-electron chi connectivity index (χ1n) is 14.0. The zero-order valence-electron chi connectivity index (χ0n) is 22.1. The molecular formula is C30H33F2N7. The first kappa shape index (κ1) is 25.7. The molecule has 1 saturated carbocycles. The second kappa shape index (κ2) is 11.3. The minimum Gasteiger partial charge on any atom is -0.322 e. The van der Waals surface area contributed by atoms with Crippen molar-refractivity contribution in [2.45, 2.75) is 57.8 Å². The standard InChI is InChI=1S/C30H33F2N7/c1-18-15-33-12-10-19(18)4-3-7-24-28-22(20-5-2-6-20)16-34-17-25(28)37-29(36-24)21-11-13-35-27(14-21)39-30-23(31)8-9-26(32)38-30/h8-9,11,13-14,16-20,33H,2-7,10,12,15H2,1H3,(H,35,38,39). The summed E-state index contributed by atoms with van der Waals surface area (Å²) >= 11 is 0. The number of aryl methyl sites for hydroxylation is 1. The maximum atomic E-state index is 14.2. The number of anilines is 2. The summed E-state index contributed by atoms with van der Waals surface area (Å²) < 4.78 is 27.7. The minimum absolute atomic E-state index is 0.221. The van der Waals surface area contributed by atoms with Crippen molar-refractivity contribution in [3.05, 3.63) is 65.9 Å². The molecule has 5 heterocycles. The van der Waals surface area contributed by atoms with Gasteiger partial charge in [0, 0.05) is 23.3 Å². The summed E-state index contributed by atoms with van der Waals surface area (Å²) in [6.45, 7) is 4.53. The van der Waals surface area contributed by atoms with Crippen LogP contribution in [0.2, 0.25) is 0 Å². The molecule has 4 aromatic rings. The summed E-state index contributed by atoms with van der Waals surface area (Å²) in [7, 11) is 0. The second-order valence-corrected chi connectivity index (χ2v) is 10.9. The number of fused-ring (bicyclic) bond motifs is 1. The third-order valence-electron chi connectivity index (χ3n) is 8.28. The van der Waals surface area contributed by atoms with Crippen molar-refractivity contribution in [3.8, 4) is 11.4 Å². The molecule has 0 bridgehead atoms. The Labute approximate surface area is 226 Å². The summed E-state index contributed by atoms with van der Waals surface area (Å²) in [4.78, 5) is 22.4. The second-order valence-electron chi connectivity index (χ2n) is 10.9. The SMILES string of the molecule is CC1CNCCC1CCCc1nc(-c2ccnc(Nc3nc(F)ccc3F)c2)nc2cncc(C3CCC3)c12. The Kier molecular flexibility index (Phi) is 7.41. The average molecular weight is 530 g/mol. The van der Waals surface area contributed by atoms with E-state index in [2.05, 4.69) is 32.5 Å². The predicted molar refractivity (Wildman–Crippen MR) is 148 cm³/mol. The number of hydrogen-bond donors (Lipinski definition) is 2. The molecular weight excluding hydrogens is 496 g/mol. The van der Waals surface area contributed by atoms with Crippen LogP contribution in [0.1, 0.15) is 62.6 Å². The molecule has 2 fully saturated rings. The summed E-state index contributed by atoms with van der Waals surface area (Å²) in [6.07, 6.45) is 13.4. The smallest absolute Gasteiger partial charge is 0.214 e. The van der Waals surface area contributed by atoms with Gasteiger partial charge in [-0.05, 0) is 99.2 Å². The molecule has 4 aromatic heterocycles. The molecule has 1 aliphatic carbocycles.